The fourth-order valence-corrected chi connectivity index (χ4v) is 2.05. The van der Waals surface area contributed by atoms with Crippen LogP contribution in [-0.2, 0) is 13.2 Å². The minimum atomic E-state index is -4.63. The number of aryl methyl sites for hydroxylation is 1. The van der Waals surface area contributed by atoms with Gasteiger partial charge in [-0.3, -0.25) is 9.78 Å². The molecular formula is C16H11F4N5O2. The lowest BCUT2D eigenvalue weighted by Gasteiger charge is -2.07. The Labute approximate surface area is 149 Å². The van der Waals surface area contributed by atoms with Crippen LogP contribution in [-0.4, -0.2) is 25.7 Å². The van der Waals surface area contributed by atoms with E-state index >= 15 is 0 Å². The van der Waals surface area contributed by atoms with Crippen molar-refractivity contribution in [3.8, 4) is 11.8 Å². The van der Waals surface area contributed by atoms with Crippen molar-refractivity contribution in [1.29, 1.82) is 0 Å². The highest BCUT2D eigenvalue weighted by molar-refractivity contribution is 6.02. The molecule has 0 aliphatic carbocycles. The third-order valence-electron chi connectivity index (χ3n) is 3.30. The molecule has 2 aromatic heterocycles. The molecule has 0 bridgehead atoms. The number of amides is 1. The van der Waals surface area contributed by atoms with E-state index in [0.717, 1.165) is 17.1 Å². The van der Waals surface area contributed by atoms with Crippen molar-refractivity contribution in [1.82, 2.24) is 19.7 Å². The number of para-hydroxylation sites is 1. The molecule has 140 valence electrons. The van der Waals surface area contributed by atoms with E-state index in [1.807, 2.05) is 0 Å². The van der Waals surface area contributed by atoms with Crippen molar-refractivity contribution in [3.63, 3.8) is 0 Å². The first-order chi connectivity index (χ1) is 12.7. The Morgan fingerprint density at radius 1 is 1.22 bits per heavy atom. The molecule has 3 rings (SSSR count). The first-order valence-electron chi connectivity index (χ1n) is 7.41. The Bertz CT molecular complexity index is 987. The molecule has 0 radical (unpaired) electrons. The molecule has 3 aromatic rings. The van der Waals surface area contributed by atoms with Crippen molar-refractivity contribution < 1.29 is 27.1 Å². The second-order valence-corrected chi connectivity index (χ2v) is 5.27. The first kappa shape index (κ1) is 18.3. The molecule has 0 spiro atoms. The predicted molar refractivity (Wildman–Crippen MR) is 84.7 cm³/mol. The van der Waals surface area contributed by atoms with Crippen LogP contribution in [0.2, 0.25) is 0 Å². The normalized spacial score (nSPS) is 11.3. The fourth-order valence-electron chi connectivity index (χ4n) is 2.05. The van der Waals surface area contributed by atoms with Gasteiger partial charge in [-0.15, -0.1) is 0 Å². The zero-order chi connectivity index (χ0) is 19.6. The number of ether oxygens (including phenoxy) is 1. The lowest BCUT2D eigenvalue weighted by molar-refractivity contribution is -0.141. The number of carbonyl (C=O) groups excluding carboxylic acids is 1. The highest BCUT2D eigenvalue weighted by Gasteiger charge is 2.35. The minimum Gasteiger partial charge on any atom is -0.419 e. The summed E-state index contributed by atoms with van der Waals surface area (Å²) in [5.74, 6) is -1.88. The topological polar surface area (TPSA) is 81.9 Å². The van der Waals surface area contributed by atoms with Gasteiger partial charge in [0, 0.05) is 13.1 Å². The van der Waals surface area contributed by atoms with Crippen LogP contribution < -0.4 is 10.1 Å². The summed E-state index contributed by atoms with van der Waals surface area (Å²) in [5.41, 5.74) is -1.41. The third kappa shape index (κ3) is 4.19. The summed E-state index contributed by atoms with van der Waals surface area (Å²) in [6, 6.07) is 6.21. The van der Waals surface area contributed by atoms with E-state index < -0.39 is 23.6 Å². The van der Waals surface area contributed by atoms with Crippen LogP contribution in [0.1, 0.15) is 16.2 Å². The quantitative estimate of drug-likeness (QED) is 0.701. The highest BCUT2D eigenvalue weighted by Crippen LogP contribution is 2.31. The number of hydrogen-bond donors (Lipinski definition) is 1. The number of rotatable bonds is 4. The smallest absolute Gasteiger partial charge is 0.419 e. The number of carbonyl (C=O) groups is 1. The Morgan fingerprint density at radius 3 is 2.63 bits per heavy atom. The van der Waals surface area contributed by atoms with Crippen LogP contribution in [0.25, 0.3) is 0 Å². The number of hydrogen-bond acceptors (Lipinski definition) is 5. The standard InChI is InChI=1S/C16H11F4N5O2/c1-25-14(6-12(24-25)16(18,19)20)27-13-8-21-7-11(22-13)15(26)23-10-5-3-2-4-9(10)17/h2-8H,1H3,(H,23,26). The summed E-state index contributed by atoms with van der Waals surface area (Å²) >= 11 is 0. The average molecular weight is 381 g/mol. The zero-order valence-electron chi connectivity index (χ0n) is 13.7. The van der Waals surface area contributed by atoms with Gasteiger partial charge in [-0.25, -0.2) is 14.1 Å². The molecule has 27 heavy (non-hydrogen) atoms. The van der Waals surface area contributed by atoms with Crippen molar-refractivity contribution >= 4 is 11.6 Å². The number of halogens is 4. The van der Waals surface area contributed by atoms with Crippen LogP contribution in [0.5, 0.6) is 11.8 Å². The number of nitrogens with zero attached hydrogens (tertiary/aromatic N) is 4. The molecule has 11 heteroatoms. The predicted octanol–water partition coefficient (Wildman–Crippen LogP) is 3.41. The molecule has 7 nitrogen and oxygen atoms in total. The van der Waals surface area contributed by atoms with Gasteiger partial charge in [-0.2, -0.15) is 18.3 Å². The summed E-state index contributed by atoms with van der Waals surface area (Å²) < 4.78 is 57.8. The average Bonchev–Trinajstić information content (AvgIpc) is 2.98. The number of aromatic nitrogens is 4. The van der Waals surface area contributed by atoms with Crippen molar-refractivity contribution in [2.45, 2.75) is 6.18 Å². The van der Waals surface area contributed by atoms with E-state index in [-0.39, 0.29) is 23.1 Å². The molecule has 0 saturated heterocycles. The highest BCUT2D eigenvalue weighted by atomic mass is 19.4. The van der Waals surface area contributed by atoms with E-state index in [2.05, 4.69) is 20.4 Å². The van der Waals surface area contributed by atoms with Gasteiger partial charge in [0.2, 0.25) is 11.8 Å². The van der Waals surface area contributed by atoms with E-state index in [4.69, 9.17) is 4.74 Å². The number of benzene rings is 1. The summed E-state index contributed by atoms with van der Waals surface area (Å²) in [7, 11) is 1.26. The van der Waals surface area contributed by atoms with Crippen molar-refractivity contribution in [2.24, 2.45) is 7.05 Å². The van der Waals surface area contributed by atoms with Gasteiger partial charge in [0.1, 0.15) is 5.82 Å². The van der Waals surface area contributed by atoms with Crippen molar-refractivity contribution in [2.75, 3.05) is 5.32 Å². The number of alkyl halides is 3. The molecule has 1 amide bonds. The Kier molecular flexibility index (Phi) is 4.75. The van der Waals surface area contributed by atoms with Gasteiger partial charge in [-0.05, 0) is 12.1 Å². The Balaban J connectivity index is 1.79. The maximum atomic E-state index is 13.6. The summed E-state index contributed by atoms with van der Waals surface area (Å²) in [6.07, 6.45) is -2.42. The van der Waals surface area contributed by atoms with Gasteiger partial charge in [0.25, 0.3) is 5.91 Å². The van der Waals surface area contributed by atoms with Crippen LogP contribution in [0.3, 0.4) is 0 Å². The maximum absolute atomic E-state index is 13.6. The largest absolute Gasteiger partial charge is 0.435 e. The molecule has 0 aliphatic heterocycles. The van der Waals surface area contributed by atoms with E-state index in [1.54, 1.807) is 0 Å². The lowest BCUT2D eigenvalue weighted by Crippen LogP contribution is -2.15. The van der Waals surface area contributed by atoms with Gasteiger partial charge in [0.15, 0.2) is 11.4 Å². The summed E-state index contributed by atoms with van der Waals surface area (Å²) in [4.78, 5) is 19.8. The van der Waals surface area contributed by atoms with Gasteiger partial charge >= 0.3 is 6.18 Å². The van der Waals surface area contributed by atoms with E-state index in [0.29, 0.717) is 6.07 Å². The van der Waals surface area contributed by atoms with Crippen LogP contribution in [0.15, 0.2) is 42.7 Å². The minimum absolute atomic E-state index is 0.0583. The molecule has 0 unspecified atom stereocenters. The van der Waals surface area contributed by atoms with Crippen LogP contribution >= 0.6 is 0 Å². The maximum Gasteiger partial charge on any atom is 0.435 e. The molecule has 2 heterocycles. The van der Waals surface area contributed by atoms with Gasteiger partial charge in [0.05, 0.1) is 18.1 Å². The molecular weight excluding hydrogens is 370 g/mol. The van der Waals surface area contributed by atoms with E-state index in [9.17, 15) is 22.4 Å². The molecule has 0 atom stereocenters. The monoisotopic (exact) mass is 381 g/mol. The molecule has 0 saturated carbocycles. The lowest BCUT2D eigenvalue weighted by atomic mass is 10.3. The molecule has 1 aromatic carbocycles. The van der Waals surface area contributed by atoms with Gasteiger partial charge in [-0.1, -0.05) is 12.1 Å². The summed E-state index contributed by atoms with van der Waals surface area (Å²) in [6.45, 7) is 0. The second-order valence-electron chi connectivity index (χ2n) is 5.27. The number of anilines is 1. The number of nitrogens with one attached hydrogen (secondary N) is 1. The fraction of sp³-hybridized carbons (Fsp3) is 0.125. The van der Waals surface area contributed by atoms with E-state index in [1.165, 1.54) is 31.3 Å². The molecule has 0 aliphatic rings. The Hall–Kier alpha value is -3.50. The van der Waals surface area contributed by atoms with Crippen LogP contribution in [0.4, 0.5) is 23.2 Å². The van der Waals surface area contributed by atoms with Crippen molar-refractivity contribution in [3.05, 3.63) is 59.9 Å². The Morgan fingerprint density at radius 2 is 1.96 bits per heavy atom. The first-order valence-corrected chi connectivity index (χ1v) is 7.41. The SMILES string of the molecule is Cn1nc(C(F)(F)F)cc1Oc1cncc(C(=O)Nc2ccccc2F)n1. The van der Waals surface area contributed by atoms with Crippen LogP contribution in [0, 0.1) is 5.82 Å². The zero-order valence-corrected chi connectivity index (χ0v) is 13.7. The molecule has 1 N–H and O–H groups in total. The second kappa shape index (κ2) is 7.02. The van der Waals surface area contributed by atoms with Gasteiger partial charge < -0.3 is 10.1 Å². The summed E-state index contributed by atoms with van der Waals surface area (Å²) in [5, 5.41) is 5.61. The third-order valence-corrected chi connectivity index (χ3v) is 3.30. The molecule has 0 fully saturated rings.